The van der Waals surface area contributed by atoms with Gasteiger partial charge < -0.3 is 10.2 Å². The van der Waals surface area contributed by atoms with Crippen molar-refractivity contribution in [1.29, 1.82) is 0 Å². The van der Waals surface area contributed by atoms with Crippen LogP contribution in [0.5, 0.6) is 0 Å². The quantitative estimate of drug-likeness (QED) is 0.909. The molecule has 2 saturated heterocycles. The Balaban J connectivity index is 1.50. The van der Waals surface area contributed by atoms with Crippen molar-refractivity contribution in [1.82, 2.24) is 10.2 Å². The fourth-order valence-electron chi connectivity index (χ4n) is 3.28. The lowest BCUT2D eigenvalue weighted by atomic mass is 9.97. The van der Waals surface area contributed by atoms with Gasteiger partial charge in [-0.15, -0.1) is 0 Å². The van der Waals surface area contributed by atoms with Crippen molar-refractivity contribution in [3.8, 4) is 0 Å². The largest absolute Gasteiger partial charge is 0.369 e. The maximum absolute atomic E-state index is 12.9. The van der Waals surface area contributed by atoms with E-state index >= 15 is 0 Å². The average molecular weight is 277 g/mol. The van der Waals surface area contributed by atoms with Crippen LogP contribution in [0, 0.1) is 17.7 Å². The Morgan fingerprint density at radius 1 is 1.10 bits per heavy atom. The van der Waals surface area contributed by atoms with Crippen molar-refractivity contribution in [3.05, 3.63) is 30.1 Å². The number of nitrogens with one attached hydrogen (secondary N) is 1. The Kier molecular flexibility index (Phi) is 4.22. The summed E-state index contributed by atoms with van der Waals surface area (Å²) in [5, 5.41) is 3.48. The zero-order chi connectivity index (χ0) is 13.9. The minimum Gasteiger partial charge on any atom is -0.369 e. The zero-order valence-electron chi connectivity index (χ0n) is 12.2. The van der Waals surface area contributed by atoms with Crippen LogP contribution in [0.4, 0.5) is 10.1 Å². The van der Waals surface area contributed by atoms with Gasteiger partial charge in [0.2, 0.25) is 0 Å². The van der Waals surface area contributed by atoms with Gasteiger partial charge in [0.05, 0.1) is 0 Å². The van der Waals surface area contributed by atoms with Gasteiger partial charge in [-0.2, -0.15) is 0 Å². The van der Waals surface area contributed by atoms with Gasteiger partial charge in [-0.25, -0.2) is 4.39 Å². The number of rotatable bonds is 3. The van der Waals surface area contributed by atoms with Gasteiger partial charge in [-0.3, -0.25) is 4.90 Å². The van der Waals surface area contributed by atoms with Crippen molar-refractivity contribution in [2.24, 2.45) is 11.8 Å². The summed E-state index contributed by atoms with van der Waals surface area (Å²) in [4.78, 5) is 4.93. The second kappa shape index (κ2) is 6.10. The lowest BCUT2D eigenvalue weighted by Gasteiger charge is -2.37. The molecule has 0 amide bonds. The van der Waals surface area contributed by atoms with Crippen molar-refractivity contribution in [2.45, 2.75) is 6.92 Å². The second-order valence-corrected chi connectivity index (χ2v) is 6.16. The average Bonchev–Trinajstić information content (AvgIpc) is 2.86. The Hall–Kier alpha value is -1.13. The summed E-state index contributed by atoms with van der Waals surface area (Å²) in [6, 6.07) is 6.86. The SMILES string of the molecule is CC1CNCC1CN1CCN(c2ccc(F)cc2)CC1. The predicted octanol–water partition coefficient (Wildman–Crippen LogP) is 1.80. The first-order valence-electron chi connectivity index (χ1n) is 7.66. The van der Waals surface area contributed by atoms with Crippen LogP contribution in [0.1, 0.15) is 6.92 Å². The number of anilines is 1. The third kappa shape index (κ3) is 3.13. The second-order valence-electron chi connectivity index (χ2n) is 6.16. The number of nitrogens with zero attached hydrogens (tertiary/aromatic N) is 2. The molecule has 20 heavy (non-hydrogen) atoms. The zero-order valence-corrected chi connectivity index (χ0v) is 12.2. The summed E-state index contributed by atoms with van der Waals surface area (Å²) in [6.45, 7) is 10.2. The van der Waals surface area contributed by atoms with Crippen LogP contribution in [0.25, 0.3) is 0 Å². The van der Waals surface area contributed by atoms with Crippen molar-refractivity contribution >= 4 is 5.69 Å². The summed E-state index contributed by atoms with van der Waals surface area (Å²) < 4.78 is 12.9. The van der Waals surface area contributed by atoms with Gasteiger partial charge in [0.1, 0.15) is 5.82 Å². The van der Waals surface area contributed by atoms with Gasteiger partial charge in [-0.1, -0.05) is 6.92 Å². The Labute approximate surface area is 120 Å². The summed E-state index contributed by atoms with van der Waals surface area (Å²) in [5.74, 6) is 1.44. The maximum Gasteiger partial charge on any atom is 0.123 e. The van der Waals surface area contributed by atoms with Gasteiger partial charge in [0.25, 0.3) is 0 Å². The van der Waals surface area contributed by atoms with E-state index in [0.29, 0.717) is 0 Å². The molecular formula is C16H24FN3. The lowest BCUT2D eigenvalue weighted by molar-refractivity contribution is 0.208. The normalized spacial score (nSPS) is 28.0. The van der Waals surface area contributed by atoms with Gasteiger partial charge >= 0.3 is 0 Å². The van der Waals surface area contributed by atoms with Crippen LogP contribution in [-0.4, -0.2) is 50.7 Å². The maximum atomic E-state index is 12.9. The molecule has 0 radical (unpaired) electrons. The first-order chi connectivity index (χ1) is 9.72. The smallest absolute Gasteiger partial charge is 0.123 e. The molecule has 2 atom stereocenters. The highest BCUT2D eigenvalue weighted by Gasteiger charge is 2.26. The summed E-state index contributed by atoms with van der Waals surface area (Å²) in [7, 11) is 0. The molecule has 2 fully saturated rings. The van der Waals surface area contributed by atoms with Crippen LogP contribution >= 0.6 is 0 Å². The first-order valence-corrected chi connectivity index (χ1v) is 7.66. The highest BCUT2D eigenvalue weighted by Crippen LogP contribution is 2.20. The third-order valence-electron chi connectivity index (χ3n) is 4.73. The molecule has 1 aromatic carbocycles. The molecule has 2 heterocycles. The number of hydrogen-bond acceptors (Lipinski definition) is 3. The number of piperazine rings is 1. The summed E-state index contributed by atoms with van der Waals surface area (Å²) in [6.07, 6.45) is 0. The monoisotopic (exact) mass is 277 g/mol. The summed E-state index contributed by atoms with van der Waals surface area (Å²) >= 11 is 0. The third-order valence-corrected chi connectivity index (χ3v) is 4.73. The van der Waals surface area contributed by atoms with Crippen LogP contribution in [-0.2, 0) is 0 Å². The highest BCUT2D eigenvalue weighted by molar-refractivity contribution is 5.46. The molecule has 3 rings (SSSR count). The fraction of sp³-hybridized carbons (Fsp3) is 0.625. The van der Waals surface area contributed by atoms with Crippen LogP contribution < -0.4 is 10.2 Å². The van der Waals surface area contributed by atoms with Gasteiger partial charge in [0, 0.05) is 38.4 Å². The van der Waals surface area contributed by atoms with E-state index in [2.05, 4.69) is 22.0 Å². The molecule has 2 aliphatic heterocycles. The van der Waals surface area contributed by atoms with E-state index in [1.54, 1.807) is 12.1 Å². The molecule has 1 N–H and O–H groups in total. The minimum absolute atomic E-state index is 0.157. The van der Waals surface area contributed by atoms with E-state index in [0.717, 1.165) is 43.7 Å². The molecule has 2 aliphatic rings. The molecular weight excluding hydrogens is 253 g/mol. The Morgan fingerprint density at radius 3 is 2.40 bits per heavy atom. The Morgan fingerprint density at radius 2 is 1.80 bits per heavy atom. The van der Waals surface area contributed by atoms with Crippen LogP contribution in [0.2, 0.25) is 0 Å². The minimum atomic E-state index is -0.157. The molecule has 1 aromatic rings. The van der Waals surface area contributed by atoms with Crippen LogP contribution in [0.15, 0.2) is 24.3 Å². The van der Waals surface area contributed by atoms with Gasteiger partial charge in [0.15, 0.2) is 0 Å². The Bertz CT molecular complexity index is 426. The standard InChI is InChI=1S/C16H24FN3/c1-13-10-18-11-14(13)12-19-6-8-20(9-7-19)16-4-2-15(17)3-5-16/h2-5,13-14,18H,6-12H2,1H3. The van der Waals surface area contributed by atoms with E-state index < -0.39 is 0 Å². The van der Waals surface area contributed by atoms with Crippen molar-refractivity contribution in [3.63, 3.8) is 0 Å². The molecule has 0 bridgehead atoms. The predicted molar refractivity (Wildman–Crippen MR) is 80.6 cm³/mol. The number of halogens is 1. The molecule has 0 saturated carbocycles. The fourth-order valence-corrected chi connectivity index (χ4v) is 3.28. The van der Waals surface area contributed by atoms with E-state index in [1.807, 2.05) is 12.1 Å². The molecule has 3 nitrogen and oxygen atoms in total. The van der Waals surface area contributed by atoms with E-state index in [9.17, 15) is 4.39 Å². The molecule has 0 spiro atoms. The summed E-state index contributed by atoms with van der Waals surface area (Å²) in [5.41, 5.74) is 1.14. The van der Waals surface area contributed by atoms with Gasteiger partial charge in [-0.05, 0) is 49.2 Å². The molecule has 0 aliphatic carbocycles. The topological polar surface area (TPSA) is 18.5 Å². The van der Waals surface area contributed by atoms with E-state index in [4.69, 9.17) is 0 Å². The number of benzene rings is 1. The van der Waals surface area contributed by atoms with Crippen molar-refractivity contribution < 1.29 is 4.39 Å². The number of hydrogen-bond donors (Lipinski definition) is 1. The van der Waals surface area contributed by atoms with E-state index in [-0.39, 0.29) is 5.82 Å². The molecule has 110 valence electrons. The first kappa shape index (κ1) is 13.8. The molecule has 4 heteroatoms. The van der Waals surface area contributed by atoms with Crippen LogP contribution in [0.3, 0.4) is 0 Å². The molecule has 2 unspecified atom stereocenters. The molecule has 0 aromatic heterocycles. The van der Waals surface area contributed by atoms with E-state index in [1.165, 1.54) is 19.6 Å². The van der Waals surface area contributed by atoms with Crippen molar-refractivity contribution in [2.75, 3.05) is 50.7 Å². The highest BCUT2D eigenvalue weighted by atomic mass is 19.1. The lowest BCUT2D eigenvalue weighted by Crippen LogP contribution is -2.48.